The van der Waals surface area contributed by atoms with E-state index in [9.17, 15) is 9.59 Å². The van der Waals surface area contributed by atoms with Crippen LogP contribution in [0.3, 0.4) is 0 Å². The minimum absolute atomic E-state index is 0. The second-order valence-corrected chi connectivity index (χ2v) is 5.00. The average molecular weight is 306 g/mol. The summed E-state index contributed by atoms with van der Waals surface area (Å²) in [6, 6.07) is 4.74. The second kappa shape index (κ2) is 5.99. The van der Waals surface area contributed by atoms with Crippen molar-refractivity contribution in [2.24, 2.45) is 0 Å². The molecule has 5 nitrogen and oxygen atoms in total. The maximum absolute atomic E-state index is 11.8. The summed E-state index contributed by atoms with van der Waals surface area (Å²) in [5, 5.41) is 0. The number of carbonyl (C=O) groups is 1. The highest BCUT2D eigenvalue weighted by Gasteiger charge is 2.10. The van der Waals surface area contributed by atoms with Crippen molar-refractivity contribution in [2.45, 2.75) is 6.54 Å². The molecule has 18 heavy (non-hydrogen) atoms. The highest BCUT2D eigenvalue weighted by molar-refractivity contribution is 7.18. The summed E-state index contributed by atoms with van der Waals surface area (Å²) < 4.78 is 1.74. The first-order valence-corrected chi connectivity index (χ1v) is 5.87. The van der Waals surface area contributed by atoms with Crippen molar-refractivity contribution in [3.05, 3.63) is 44.1 Å². The van der Waals surface area contributed by atoms with Crippen molar-refractivity contribution in [2.75, 3.05) is 5.73 Å². The maximum atomic E-state index is 11.8. The van der Waals surface area contributed by atoms with Crippen molar-refractivity contribution in [3.8, 4) is 0 Å². The molecule has 0 spiro atoms. The van der Waals surface area contributed by atoms with Gasteiger partial charge < -0.3 is 5.73 Å². The molecule has 2 aromatic rings. The highest BCUT2D eigenvalue weighted by atomic mass is 35.5. The molecule has 0 aliphatic carbocycles. The number of hydrogen-bond acceptors (Lipinski definition) is 5. The van der Waals surface area contributed by atoms with Crippen molar-refractivity contribution >= 4 is 46.9 Å². The van der Waals surface area contributed by atoms with E-state index in [0.717, 1.165) is 0 Å². The number of thiophene rings is 1. The molecule has 0 bridgehead atoms. The summed E-state index contributed by atoms with van der Waals surface area (Å²) in [7, 11) is 0. The molecule has 2 heterocycles. The lowest BCUT2D eigenvalue weighted by atomic mass is 10.3. The summed E-state index contributed by atoms with van der Waals surface area (Å²) in [4.78, 5) is 27.3. The number of ketones is 1. The fourth-order valence-electron chi connectivity index (χ4n) is 1.26. The lowest BCUT2D eigenvalue weighted by Gasteiger charge is -2.02. The number of Topliss-reactive ketones (excluding diaryl/α,β-unsaturated/α-hetero) is 1. The third-order valence-corrected chi connectivity index (χ3v) is 3.33. The maximum Gasteiger partial charge on any atom is 0.349 e. The number of rotatable bonds is 3. The van der Waals surface area contributed by atoms with Gasteiger partial charge in [0.15, 0.2) is 5.78 Å². The topological polar surface area (TPSA) is 78.0 Å². The van der Waals surface area contributed by atoms with Crippen LogP contribution in [0.2, 0.25) is 4.34 Å². The molecule has 2 aromatic heterocycles. The van der Waals surface area contributed by atoms with E-state index >= 15 is 0 Å². The quantitative estimate of drug-likeness (QED) is 0.878. The molecule has 8 heteroatoms. The number of hydrogen-bond donors (Lipinski definition) is 1. The predicted molar refractivity (Wildman–Crippen MR) is 73.8 cm³/mol. The molecule has 0 radical (unpaired) electrons. The van der Waals surface area contributed by atoms with Gasteiger partial charge in [-0.15, -0.1) is 23.7 Å². The van der Waals surface area contributed by atoms with Gasteiger partial charge in [0.2, 0.25) is 0 Å². The van der Waals surface area contributed by atoms with Gasteiger partial charge in [-0.1, -0.05) is 11.6 Å². The van der Waals surface area contributed by atoms with Gasteiger partial charge in [0.1, 0.15) is 5.82 Å². The average Bonchev–Trinajstić information content (AvgIpc) is 2.69. The minimum Gasteiger partial charge on any atom is -0.383 e. The summed E-state index contributed by atoms with van der Waals surface area (Å²) in [6.45, 7) is -0.0665. The fraction of sp³-hybridized carbons (Fsp3) is 0.100. The van der Waals surface area contributed by atoms with Gasteiger partial charge in [0.25, 0.3) is 0 Å². The summed E-state index contributed by atoms with van der Waals surface area (Å²) in [5.74, 6) is -0.0477. The first kappa shape index (κ1) is 14.7. The Kier molecular flexibility index (Phi) is 4.89. The van der Waals surface area contributed by atoms with E-state index in [4.69, 9.17) is 17.3 Å². The van der Waals surface area contributed by atoms with Gasteiger partial charge >= 0.3 is 5.69 Å². The molecule has 0 fully saturated rings. The Balaban J connectivity index is 0.00000162. The van der Waals surface area contributed by atoms with E-state index in [2.05, 4.69) is 4.98 Å². The van der Waals surface area contributed by atoms with Crippen LogP contribution in [0.25, 0.3) is 0 Å². The normalized spacial score (nSPS) is 9.83. The minimum atomic E-state index is -0.541. The molecule has 0 unspecified atom stereocenters. The molecule has 0 atom stereocenters. The summed E-state index contributed by atoms with van der Waals surface area (Å²) in [5.41, 5.74) is 4.81. The van der Waals surface area contributed by atoms with Crippen LogP contribution in [0.5, 0.6) is 0 Å². The Morgan fingerprint density at radius 3 is 2.72 bits per heavy atom. The molecule has 2 rings (SSSR count). The summed E-state index contributed by atoms with van der Waals surface area (Å²) in [6.07, 6.45) is 1.44. The number of nitrogens with two attached hydrogens (primary N) is 1. The zero-order valence-electron chi connectivity index (χ0n) is 9.00. The van der Waals surface area contributed by atoms with E-state index < -0.39 is 5.69 Å². The zero-order valence-corrected chi connectivity index (χ0v) is 11.4. The van der Waals surface area contributed by atoms with E-state index in [1.54, 1.807) is 12.1 Å². The van der Waals surface area contributed by atoms with E-state index in [-0.39, 0.29) is 30.6 Å². The molecule has 0 amide bonds. The van der Waals surface area contributed by atoms with Crippen molar-refractivity contribution in [1.82, 2.24) is 9.55 Å². The molecule has 0 aliphatic heterocycles. The monoisotopic (exact) mass is 305 g/mol. The van der Waals surface area contributed by atoms with Gasteiger partial charge in [-0.05, 0) is 18.2 Å². The first-order chi connectivity index (χ1) is 8.06. The van der Waals surface area contributed by atoms with Crippen LogP contribution in [-0.2, 0) is 6.54 Å². The van der Waals surface area contributed by atoms with Crippen LogP contribution >= 0.6 is 35.3 Å². The Hall–Kier alpha value is -1.37. The zero-order chi connectivity index (χ0) is 12.4. The van der Waals surface area contributed by atoms with E-state index in [1.807, 2.05) is 0 Å². The van der Waals surface area contributed by atoms with Gasteiger partial charge in [-0.25, -0.2) is 4.79 Å². The molecule has 0 aromatic carbocycles. The van der Waals surface area contributed by atoms with Gasteiger partial charge in [-0.3, -0.25) is 9.36 Å². The van der Waals surface area contributed by atoms with Crippen LogP contribution in [-0.4, -0.2) is 15.3 Å². The van der Waals surface area contributed by atoms with E-state index in [0.29, 0.717) is 9.21 Å². The Labute approximate surface area is 118 Å². The van der Waals surface area contributed by atoms with Crippen LogP contribution in [0.1, 0.15) is 9.67 Å². The van der Waals surface area contributed by atoms with Gasteiger partial charge in [0, 0.05) is 6.20 Å². The number of halogens is 2. The Bertz CT molecular complexity index is 624. The van der Waals surface area contributed by atoms with Crippen LogP contribution < -0.4 is 11.4 Å². The third-order valence-electron chi connectivity index (χ3n) is 2.06. The lowest BCUT2D eigenvalue weighted by Crippen LogP contribution is -2.26. The number of anilines is 1. The first-order valence-electron chi connectivity index (χ1n) is 4.68. The highest BCUT2D eigenvalue weighted by Crippen LogP contribution is 2.21. The fourth-order valence-corrected chi connectivity index (χ4v) is 2.23. The van der Waals surface area contributed by atoms with E-state index in [1.165, 1.54) is 28.2 Å². The molecule has 0 aliphatic rings. The molecular formula is C10H9Cl2N3O2S. The third kappa shape index (κ3) is 3.32. The smallest absolute Gasteiger partial charge is 0.349 e. The number of nitrogens with zero attached hydrogens (tertiary/aromatic N) is 2. The molecule has 2 N–H and O–H groups in total. The summed E-state index contributed by atoms with van der Waals surface area (Å²) >= 11 is 6.91. The van der Waals surface area contributed by atoms with Gasteiger partial charge in [0.05, 0.1) is 15.8 Å². The Morgan fingerprint density at radius 2 is 2.17 bits per heavy atom. The number of aromatic nitrogens is 2. The SMILES string of the molecule is Cl.Nc1ccn(CC(=O)c2ccc(Cl)s2)c(=O)n1. The predicted octanol–water partition coefficient (Wildman–Crippen LogP) is 1.85. The van der Waals surface area contributed by atoms with Crippen molar-refractivity contribution in [3.63, 3.8) is 0 Å². The van der Waals surface area contributed by atoms with Crippen molar-refractivity contribution < 1.29 is 4.79 Å². The standard InChI is InChI=1S/C10H8ClN3O2S.ClH/c11-8-2-1-7(17-8)6(15)5-14-4-3-9(12)13-10(14)16;/h1-4H,5H2,(H2,12,13,16);1H. The number of carbonyl (C=O) groups excluding carboxylic acids is 1. The molecule has 0 saturated carbocycles. The second-order valence-electron chi connectivity index (χ2n) is 3.29. The van der Waals surface area contributed by atoms with Crippen molar-refractivity contribution in [1.29, 1.82) is 0 Å². The van der Waals surface area contributed by atoms with Crippen LogP contribution in [0, 0.1) is 0 Å². The molecule has 96 valence electrons. The van der Waals surface area contributed by atoms with Gasteiger partial charge in [-0.2, -0.15) is 4.98 Å². The molecular weight excluding hydrogens is 297 g/mol. The Morgan fingerprint density at radius 1 is 1.44 bits per heavy atom. The largest absolute Gasteiger partial charge is 0.383 e. The number of nitrogen functional groups attached to an aromatic ring is 1. The van der Waals surface area contributed by atoms with Crippen LogP contribution in [0.15, 0.2) is 29.2 Å². The molecule has 0 saturated heterocycles. The van der Waals surface area contributed by atoms with Crippen LogP contribution in [0.4, 0.5) is 5.82 Å². The lowest BCUT2D eigenvalue weighted by molar-refractivity contribution is 0.0974.